The number of aliphatic hydroxyl groups excluding tert-OH is 1. The Morgan fingerprint density at radius 3 is 2.65 bits per heavy atom. The van der Waals surface area contributed by atoms with Crippen LogP contribution in [0, 0.1) is 5.41 Å². The SMILES string of the molecule is COc1cnccc1[C@H](O)C(=O)N[C@@H](CCC(=O)C=N)C(=O)OC(C)C. The fourth-order valence-electron chi connectivity index (χ4n) is 2.10. The second-order valence-electron chi connectivity index (χ2n) is 5.72. The largest absolute Gasteiger partial charge is 0.495 e. The zero-order valence-corrected chi connectivity index (χ0v) is 14.9. The number of carbonyl (C=O) groups excluding carboxylic acids is 3. The quantitative estimate of drug-likeness (QED) is 0.407. The van der Waals surface area contributed by atoms with Gasteiger partial charge in [0.2, 0.25) is 0 Å². The molecule has 0 aliphatic rings. The van der Waals surface area contributed by atoms with Gasteiger partial charge in [0.1, 0.15) is 11.8 Å². The van der Waals surface area contributed by atoms with Gasteiger partial charge in [-0.25, -0.2) is 4.79 Å². The van der Waals surface area contributed by atoms with E-state index in [9.17, 15) is 19.5 Å². The standard InChI is InChI=1S/C17H23N3O6/c1-10(2)26-17(24)13(5-4-11(21)8-18)20-16(23)15(22)12-6-7-19-9-14(12)25-3/h6-10,13,15,18,22H,4-5H2,1-3H3,(H,20,23)/t13-,15-/m0/s1. The van der Waals surface area contributed by atoms with Gasteiger partial charge < -0.3 is 25.3 Å². The van der Waals surface area contributed by atoms with Crippen molar-refractivity contribution in [1.82, 2.24) is 10.3 Å². The summed E-state index contributed by atoms with van der Waals surface area (Å²) in [6, 6.07) is 0.291. The van der Waals surface area contributed by atoms with Gasteiger partial charge >= 0.3 is 5.97 Å². The van der Waals surface area contributed by atoms with Crippen molar-refractivity contribution >= 4 is 23.9 Å². The number of aliphatic hydroxyl groups is 1. The summed E-state index contributed by atoms with van der Waals surface area (Å²) in [5, 5.41) is 19.5. The number of aromatic nitrogens is 1. The monoisotopic (exact) mass is 365 g/mol. The predicted octanol–water partition coefficient (Wildman–Crippen LogP) is 0.559. The number of nitrogens with zero attached hydrogens (tertiary/aromatic N) is 1. The molecule has 142 valence electrons. The summed E-state index contributed by atoms with van der Waals surface area (Å²) in [7, 11) is 1.37. The molecule has 0 fully saturated rings. The molecule has 2 atom stereocenters. The smallest absolute Gasteiger partial charge is 0.328 e. The molecule has 0 aromatic carbocycles. The Hall–Kier alpha value is -2.81. The number of carbonyl (C=O) groups is 3. The number of methoxy groups -OCH3 is 1. The molecule has 0 saturated carbocycles. The number of amides is 1. The predicted molar refractivity (Wildman–Crippen MR) is 91.9 cm³/mol. The van der Waals surface area contributed by atoms with Crippen molar-refractivity contribution in [1.29, 1.82) is 5.41 Å². The van der Waals surface area contributed by atoms with Gasteiger partial charge in [-0.15, -0.1) is 0 Å². The van der Waals surface area contributed by atoms with Gasteiger partial charge in [-0.1, -0.05) is 0 Å². The summed E-state index contributed by atoms with van der Waals surface area (Å²) in [6.07, 6.45) is 1.21. The van der Waals surface area contributed by atoms with Crippen LogP contribution in [0.3, 0.4) is 0 Å². The zero-order valence-electron chi connectivity index (χ0n) is 14.9. The molecule has 1 heterocycles. The Labute approximate surface area is 151 Å². The highest BCUT2D eigenvalue weighted by Gasteiger charge is 2.28. The molecular weight excluding hydrogens is 342 g/mol. The van der Waals surface area contributed by atoms with Gasteiger partial charge in [0.05, 0.1) is 25.6 Å². The second-order valence-corrected chi connectivity index (χ2v) is 5.72. The molecular formula is C17H23N3O6. The van der Waals surface area contributed by atoms with Crippen molar-refractivity contribution in [2.24, 2.45) is 0 Å². The second kappa shape index (κ2) is 10.2. The number of hydrogen-bond donors (Lipinski definition) is 3. The Morgan fingerprint density at radius 2 is 2.08 bits per heavy atom. The number of nitrogens with one attached hydrogen (secondary N) is 2. The molecule has 0 saturated heterocycles. The molecule has 1 aromatic heterocycles. The van der Waals surface area contributed by atoms with Crippen molar-refractivity contribution in [3.05, 3.63) is 24.0 Å². The van der Waals surface area contributed by atoms with Crippen LogP contribution in [0.1, 0.15) is 38.4 Å². The van der Waals surface area contributed by atoms with Gasteiger partial charge in [0.15, 0.2) is 11.9 Å². The summed E-state index contributed by atoms with van der Waals surface area (Å²) >= 11 is 0. The highest BCUT2D eigenvalue weighted by molar-refractivity contribution is 6.26. The average molecular weight is 365 g/mol. The molecule has 1 amide bonds. The van der Waals surface area contributed by atoms with Gasteiger partial charge in [0.25, 0.3) is 5.91 Å². The minimum Gasteiger partial charge on any atom is -0.495 e. The number of pyridine rings is 1. The van der Waals surface area contributed by atoms with E-state index in [1.165, 1.54) is 25.6 Å². The number of rotatable bonds is 10. The van der Waals surface area contributed by atoms with Crippen molar-refractivity contribution in [3.8, 4) is 5.75 Å². The topological polar surface area (TPSA) is 139 Å². The number of esters is 1. The van der Waals surface area contributed by atoms with Gasteiger partial charge in [0, 0.05) is 18.2 Å². The molecule has 0 aliphatic carbocycles. The zero-order chi connectivity index (χ0) is 19.7. The van der Waals surface area contributed by atoms with Crippen LogP contribution < -0.4 is 10.1 Å². The third-order valence-electron chi connectivity index (χ3n) is 3.37. The van der Waals surface area contributed by atoms with E-state index < -0.39 is 35.9 Å². The maximum atomic E-state index is 12.4. The minimum absolute atomic E-state index is 0.0499. The Morgan fingerprint density at radius 1 is 1.38 bits per heavy atom. The maximum absolute atomic E-state index is 12.4. The van der Waals surface area contributed by atoms with E-state index in [-0.39, 0.29) is 24.2 Å². The highest BCUT2D eigenvalue weighted by atomic mass is 16.5. The fourth-order valence-corrected chi connectivity index (χ4v) is 2.10. The van der Waals surface area contributed by atoms with E-state index >= 15 is 0 Å². The van der Waals surface area contributed by atoms with E-state index in [0.717, 1.165) is 0 Å². The molecule has 26 heavy (non-hydrogen) atoms. The van der Waals surface area contributed by atoms with Crippen molar-refractivity contribution < 1.29 is 29.0 Å². The normalized spacial score (nSPS) is 12.8. The van der Waals surface area contributed by atoms with Crippen LogP contribution in [0.2, 0.25) is 0 Å². The van der Waals surface area contributed by atoms with E-state index in [1.54, 1.807) is 13.8 Å². The maximum Gasteiger partial charge on any atom is 0.328 e. The van der Waals surface area contributed by atoms with E-state index in [2.05, 4.69) is 10.3 Å². The lowest BCUT2D eigenvalue weighted by Crippen LogP contribution is -2.44. The van der Waals surface area contributed by atoms with Crippen LogP contribution in [0.5, 0.6) is 5.75 Å². The lowest BCUT2D eigenvalue weighted by molar-refractivity contribution is -0.152. The van der Waals surface area contributed by atoms with Crippen molar-refractivity contribution in [2.75, 3.05) is 7.11 Å². The third kappa shape index (κ3) is 6.25. The lowest BCUT2D eigenvalue weighted by atomic mass is 10.1. The van der Waals surface area contributed by atoms with Gasteiger partial charge in [-0.05, 0) is 26.3 Å². The first-order chi connectivity index (χ1) is 12.3. The molecule has 0 spiro atoms. The lowest BCUT2D eigenvalue weighted by Gasteiger charge is -2.21. The molecule has 0 unspecified atom stereocenters. The fraction of sp³-hybridized carbons (Fsp3) is 0.471. The molecule has 0 aliphatic heterocycles. The number of Topliss-reactive ketones (excluding diaryl/α,β-unsaturated/α-hetero) is 1. The molecule has 1 rings (SSSR count). The van der Waals surface area contributed by atoms with Crippen LogP contribution in [0.15, 0.2) is 18.5 Å². The van der Waals surface area contributed by atoms with Crippen LogP contribution in [-0.4, -0.2) is 53.2 Å². The van der Waals surface area contributed by atoms with E-state index in [1.807, 2.05) is 0 Å². The number of ketones is 1. The van der Waals surface area contributed by atoms with E-state index in [4.69, 9.17) is 14.9 Å². The Bertz CT molecular complexity index is 662. The summed E-state index contributed by atoms with van der Waals surface area (Å²) < 4.78 is 10.1. The molecule has 1 aromatic rings. The van der Waals surface area contributed by atoms with Gasteiger partial charge in [-0.2, -0.15) is 0 Å². The first-order valence-electron chi connectivity index (χ1n) is 8.00. The Kier molecular flexibility index (Phi) is 8.36. The minimum atomic E-state index is -1.60. The molecule has 0 bridgehead atoms. The molecule has 9 nitrogen and oxygen atoms in total. The van der Waals surface area contributed by atoms with E-state index in [0.29, 0.717) is 6.21 Å². The summed E-state index contributed by atoms with van der Waals surface area (Å²) in [5.74, 6) is -1.84. The van der Waals surface area contributed by atoms with Crippen LogP contribution >= 0.6 is 0 Å². The Balaban J connectivity index is 2.90. The summed E-state index contributed by atoms with van der Waals surface area (Å²) in [4.78, 5) is 39.6. The molecule has 0 radical (unpaired) electrons. The molecule has 3 N–H and O–H groups in total. The number of hydrogen-bond acceptors (Lipinski definition) is 8. The van der Waals surface area contributed by atoms with Gasteiger partial charge in [-0.3, -0.25) is 14.6 Å². The van der Waals surface area contributed by atoms with Crippen LogP contribution in [-0.2, 0) is 19.1 Å². The summed E-state index contributed by atoms with van der Waals surface area (Å²) in [6.45, 7) is 3.30. The highest BCUT2D eigenvalue weighted by Crippen LogP contribution is 2.24. The van der Waals surface area contributed by atoms with Crippen LogP contribution in [0.25, 0.3) is 0 Å². The van der Waals surface area contributed by atoms with Crippen molar-refractivity contribution in [2.45, 2.75) is 44.9 Å². The van der Waals surface area contributed by atoms with Crippen molar-refractivity contribution in [3.63, 3.8) is 0 Å². The number of ether oxygens (including phenoxy) is 2. The first kappa shape index (κ1) is 21.2. The summed E-state index contributed by atoms with van der Waals surface area (Å²) in [5.41, 5.74) is 0.187. The first-order valence-corrected chi connectivity index (χ1v) is 8.00. The third-order valence-corrected chi connectivity index (χ3v) is 3.37. The average Bonchev–Trinajstić information content (AvgIpc) is 2.63. The van der Waals surface area contributed by atoms with Crippen LogP contribution in [0.4, 0.5) is 0 Å². The molecule has 9 heteroatoms.